The molecule has 0 aromatic carbocycles. The van der Waals surface area contributed by atoms with Gasteiger partial charge in [0.1, 0.15) is 5.60 Å². The summed E-state index contributed by atoms with van der Waals surface area (Å²) in [5.74, 6) is -0.888. The number of fused-ring (bicyclic) bond motifs is 3. The summed E-state index contributed by atoms with van der Waals surface area (Å²) in [5, 5.41) is 25.6. The van der Waals surface area contributed by atoms with Crippen LogP contribution in [0.15, 0.2) is 11.1 Å². The summed E-state index contributed by atoms with van der Waals surface area (Å²) in [7, 11) is 54.6. The van der Waals surface area contributed by atoms with E-state index in [1.165, 1.54) is 0 Å². The van der Waals surface area contributed by atoms with E-state index in [1.807, 2.05) is 0 Å². The van der Waals surface area contributed by atoms with E-state index >= 15 is 0 Å². The van der Waals surface area contributed by atoms with Crippen molar-refractivity contribution in [2.45, 2.75) is 88.7 Å². The minimum absolute atomic E-state index is 0.329. The van der Waals surface area contributed by atoms with E-state index in [0.29, 0.717) is 27.2 Å². The molecule has 1 aliphatic heterocycles. The summed E-state index contributed by atoms with van der Waals surface area (Å²) in [6.07, 6.45) is -2.83. The minimum atomic E-state index is -1.86. The van der Waals surface area contributed by atoms with Crippen molar-refractivity contribution in [2.24, 2.45) is 16.7 Å². The lowest BCUT2D eigenvalue weighted by molar-refractivity contribution is -0.263. The van der Waals surface area contributed by atoms with Gasteiger partial charge in [-0.1, -0.05) is 46.6 Å². The molecule has 1 heterocycles. The molecule has 9 nitrogen and oxygen atoms in total. The third-order valence-corrected chi connectivity index (χ3v) is 166. The molecule has 1 saturated heterocycles. The van der Waals surface area contributed by atoms with Crippen molar-refractivity contribution in [2.75, 3.05) is 6.61 Å². The monoisotopic (exact) mass is 1550 g/mol. The number of rotatable bonds is 21. The molecule has 65 heavy (non-hydrogen) atoms. The van der Waals surface area contributed by atoms with Gasteiger partial charge in [-0.2, -0.15) is 0 Å². The maximum atomic E-state index is 14.4. The lowest BCUT2D eigenvalue weighted by Gasteiger charge is -2.65. The minimum Gasteiger partial charge on any atom is -0.426 e. The molecule has 2 N–H and O–H groups in total. The molecule has 0 aromatic heterocycles. The molecule has 4 rings (SSSR count). The molecular weight excluding hydrogens is 1480 g/mol. The molecule has 1 spiro atoms. The Morgan fingerprint density at radius 2 is 1.22 bits per heavy atom. The SMILES string of the molecule is CC1=C2C(OP(P(P)P)P(PP)P(P)P)C[C@]3(C)C(OP(P(P)P)P(P)P)CC(OP(P)P(P)P)[C@@](O)(CO)C3C3OC(=O)OC3(CC1OP(P(P)P(P)P)P(P(P)P)P(P)P)C2(C)C. The van der Waals surface area contributed by atoms with Crippen molar-refractivity contribution >= 4 is 291 Å². The summed E-state index contributed by atoms with van der Waals surface area (Å²) >= 11 is 0. The Morgan fingerprint density at radius 3 is 1.66 bits per heavy atom. The van der Waals surface area contributed by atoms with Crippen LogP contribution in [0.2, 0.25) is 0 Å². The van der Waals surface area contributed by atoms with Gasteiger partial charge in [0.05, 0.1) is 61.1 Å². The summed E-state index contributed by atoms with van der Waals surface area (Å²) in [4.78, 5) is 14.4. The van der Waals surface area contributed by atoms with Crippen LogP contribution in [-0.2, 0) is 27.6 Å². The number of hydrogen-bond donors (Lipinski definition) is 2. The molecule has 380 valence electrons. The van der Waals surface area contributed by atoms with Crippen molar-refractivity contribution in [3.05, 3.63) is 11.1 Å². The highest BCUT2D eigenvalue weighted by Gasteiger charge is 2.76. The fraction of sp³-hybridized carbons (Fsp3) is 0.857. The Hall–Kier alpha value is 13.8. The van der Waals surface area contributed by atoms with Gasteiger partial charge in [-0.15, -0.1) is 152 Å². The number of aliphatic hydroxyl groups excluding tert-OH is 1. The highest BCUT2D eigenvalue weighted by molar-refractivity contribution is 9.19. The molecule has 2 saturated carbocycles. The Morgan fingerprint density at radius 1 is 0.677 bits per heavy atom. The first-order chi connectivity index (χ1) is 29.9. The van der Waals surface area contributed by atoms with Crippen LogP contribution in [0.25, 0.3) is 0 Å². The predicted octanol–water partition coefficient (Wildman–Crippen LogP) is 21.3. The molecule has 3 aliphatic carbocycles. The van der Waals surface area contributed by atoms with Gasteiger partial charge in [0, 0.05) is 50.6 Å². The molecule has 2 bridgehead atoms. The van der Waals surface area contributed by atoms with E-state index < -0.39 is 178 Å². The smallest absolute Gasteiger partial charge is 0.426 e. The lowest BCUT2D eigenvalue weighted by Crippen LogP contribution is -2.74. The molecule has 34 atom stereocenters. The van der Waals surface area contributed by atoms with Crippen LogP contribution in [0.4, 0.5) is 4.79 Å². The molecular formula is C21H67O9P35. The van der Waals surface area contributed by atoms with Gasteiger partial charge in [0.15, 0.2) is 11.7 Å². The van der Waals surface area contributed by atoms with E-state index in [9.17, 15) is 15.0 Å². The van der Waals surface area contributed by atoms with Gasteiger partial charge in [0.2, 0.25) is 0 Å². The Kier molecular flexibility index (Phi) is 34.5. The topological polar surface area (TPSA) is 113 Å². The van der Waals surface area contributed by atoms with Crippen LogP contribution in [-0.4, -0.2) is 64.7 Å². The average molecular weight is 1550 g/mol. The van der Waals surface area contributed by atoms with Gasteiger partial charge in [-0.05, 0) is 80.4 Å². The second-order valence-corrected chi connectivity index (χ2v) is 137. The maximum Gasteiger partial charge on any atom is 0.509 e. The second kappa shape index (κ2) is 31.5. The van der Waals surface area contributed by atoms with Crippen molar-refractivity contribution in [1.82, 2.24) is 0 Å². The van der Waals surface area contributed by atoms with Crippen LogP contribution in [0, 0.1) is 16.7 Å². The van der Waals surface area contributed by atoms with Crippen LogP contribution < -0.4 is 0 Å². The summed E-state index contributed by atoms with van der Waals surface area (Å²) < 4.78 is 43.8. The number of aliphatic hydroxyl groups is 2. The third kappa shape index (κ3) is 16.9. The standard InChI is InChI=1S/C21H67O9P35/c1-9-10(27-54(63(49)59(41)42)65(61(45)46)62(47)48)7-21-16(25-17(23)26-21)15-19(4,6-11(14(9)18(21,2)3)28-53(58(39)40)64(50-31)60(43)44)12(30-52(56(35)36)57(37)38)5-13(20(15,24)8-22)29-51(32)55(33)34/h10-13,15-16,22,24,50H,5-8,31-49H2,1-4H3/t10?,11?,12?,13?,15?,16?,19-,20+,21?,51?,53?,54?,63?,64?/m1/s1. The zero-order chi connectivity index (χ0) is 49.6. The van der Waals surface area contributed by atoms with E-state index in [4.69, 9.17) is 27.6 Å². The fourth-order valence-corrected chi connectivity index (χ4v) is 207. The van der Waals surface area contributed by atoms with Crippen LogP contribution >= 0.6 is 285 Å². The molecule has 4 aliphatic rings. The second-order valence-electron chi connectivity index (χ2n) is 15.8. The molecule has 3 fully saturated rings. The van der Waals surface area contributed by atoms with Crippen molar-refractivity contribution in [3.63, 3.8) is 0 Å². The van der Waals surface area contributed by atoms with Gasteiger partial charge in [0.25, 0.3) is 0 Å². The highest BCUT2D eigenvalue weighted by atomic mass is 33.2. The van der Waals surface area contributed by atoms with Gasteiger partial charge < -0.3 is 37.8 Å². The van der Waals surface area contributed by atoms with E-state index in [-0.39, 0.29) is 0 Å². The fourth-order valence-electron chi connectivity index (χ4n) is 9.07. The summed E-state index contributed by atoms with van der Waals surface area (Å²) in [6, 6.07) is 0. The zero-order valence-electron chi connectivity index (χ0n) is 35.7. The van der Waals surface area contributed by atoms with E-state index in [1.54, 1.807) is 0 Å². The van der Waals surface area contributed by atoms with E-state index in [0.717, 1.165) is 11.1 Å². The maximum absolute atomic E-state index is 14.4. The van der Waals surface area contributed by atoms with Gasteiger partial charge in [-0.25, -0.2) is 4.79 Å². The largest absolute Gasteiger partial charge is 0.509 e. The van der Waals surface area contributed by atoms with Crippen molar-refractivity contribution in [3.8, 4) is 0 Å². The van der Waals surface area contributed by atoms with Crippen molar-refractivity contribution in [1.29, 1.82) is 0 Å². The number of carbonyl (C=O) groups is 1. The van der Waals surface area contributed by atoms with Crippen LogP contribution in [0.3, 0.4) is 0 Å². The lowest BCUT2D eigenvalue weighted by atomic mass is 9.46. The number of carbonyl (C=O) groups excluding carboxylic acids is 1. The molecule has 0 aromatic rings. The van der Waals surface area contributed by atoms with Crippen LogP contribution in [0.5, 0.6) is 0 Å². The Bertz CT molecular complexity index is 1620. The molecule has 0 amide bonds. The first-order valence-electron chi connectivity index (χ1n) is 18.4. The van der Waals surface area contributed by atoms with Crippen LogP contribution in [0.1, 0.15) is 47.0 Å². The normalized spacial score (nSPS) is 34.4. The first-order valence-corrected chi connectivity index (χ1v) is 78.8. The summed E-state index contributed by atoms with van der Waals surface area (Å²) in [6.45, 7) is 1.91. The highest BCUT2D eigenvalue weighted by Crippen LogP contribution is 3.18. The Labute approximate surface area is 452 Å². The van der Waals surface area contributed by atoms with E-state index in [2.05, 4.69) is 197 Å². The average Bonchev–Trinajstić information content (AvgIpc) is 3.50. The molecule has 0 radical (unpaired) electrons. The zero-order valence-corrected chi connectivity index (χ0v) is 72.1. The number of hydrogen-bond acceptors (Lipinski definition) is 9. The first kappa shape index (κ1) is 71.3. The van der Waals surface area contributed by atoms with Crippen molar-refractivity contribution < 1.29 is 42.6 Å². The van der Waals surface area contributed by atoms with Gasteiger partial charge >= 0.3 is 6.16 Å². The summed E-state index contributed by atoms with van der Waals surface area (Å²) in [5.41, 5.74) is -2.73. The predicted molar refractivity (Wildman–Crippen MR) is 394 cm³/mol. The number of ether oxygens (including phenoxy) is 2. The molecule has 44 heteroatoms. The van der Waals surface area contributed by atoms with Gasteiger partial charge in [-0.3, -0.25) is 0 Å². The quantitative estimate of drug-likeness (QED) is 0.0659. The Balaban J connectivity index is 2.20. The molecule has 32 unspecified atom stereocenters. The third-order valence-electron chi connectivity index (χ3n) is 11.7.